The first-order valence-electron chi connectivity index (χ1n) is 6.57. The number of aliphatic imine (C=N–C) groups is 1. The third-order valence-electron chi connectivity index (χ3n) is 2.69. The lowest BCUT2D eigenvalue weighted by atomic mass is 10.2. The first-order chi connectivity index (χ1) is 9.78. The van der Waals surface area contributed by atoms with E-state index >= 15 is 0 Å². The summed E-state index contributed by atoms with van der Waals surface area (Å²) in [4.78, 5) is 4.52. The van der Waals surface area contributed by atoms with E-state index in [-0.39, 0.29) is 24.0 Å². The standard InChI is InChI=1S/C15H18ClN3O.HI/c1-2-17-15(19-11-14-4-3-9-20-14)18-10-12-5-7-13(16)8-6-12;/h3-9H,2,10-11H2,1H3,(H2,17,18,19);1H. The Morgan fingerprint density at radius 1 is 1.19 bits per heavy atom. The van der Waals surface area contributed by atoms with Crippen molar-refractivity contribution in [3.63, 3.8) is 0 Å². The molecule has 1 aromatic heterocycles. The maximum atomic E-state index is 5.86. The van der Waals surface area contributed by atoms with E-state index < -0.39 is 0 Å². The monoisotopic (exact) mass is 419 g/mol. The topological polar surface area (TPSA) is 49.6 Å². The van der Waals surface area contributed by atoms with E-state index in [9.17, 15) is 0 Å². The summed E-state index contributed by atoms with van der Waals surface area (Å²) < 4.78 is 5.28. The van der Waals surface area contributed by atoms with Gasteiger partial charge in [-0.1, -0.05) is 23.7 Å². The first kappa shape index (κ1) is 17.8. The molecule has 114 valence electrons. The summed E-state index contributed by atoms with van der Waals surface area (Å²) in [6, 6.07) is 11.5. The van der Waals surface area contributed by atoms with E-state index in [1.165, 1.54) is 0 Å². The Bertz CT molecular complexity index is 541. The molecule has 0 aliphatic rings. The van der Waals surface area contributed by atoms with Gasteiger partial charge in [0.2, 0.25) is 0 Å². The minimum Gasteiger partial charge on any atom is -0.467 e. The van der Waals surface area contributed by atoms with Crippen LogP contribution in [0.4, 0.5) is 0 Å². The second-order valence-electron chi connectivity index (χ2n) is 4.25. The summed E-state index contributed by atoms with van der Waals surface area (Å²) in [7, 11) is 0. The summed E-state index contributed by atoms with van der Waals surface area (Å²) in [6.07, 6.45) is 1.66. The van der Waals surface area contributed by atoms with E-state index in [2.05, 4.69) is 15.6 Å². The second kappa shape index (κ2) is 9.68. The van der Waals surface area contributed by atoms with Gasteiger partial charge in [0.1, 0.15) is 5.76 Å². The molecule has 4 nitrogen and oxygen atoms in total. The number of hydrogen-bond acceptors (Lipinski definition) is 2. The predicted molar refractivity (Wildman–Crippen MR) is 97.2 cm³/mol. The van der Waals surface area contributed by atoms with Crippen LogP contribution in [0, 0.1) is 0 Å². The third-order valence-corrected chi connectivity index (χ3v) is 2.94. The molecule has 0 unspecified atom stereocenters. The van der Waals surface area contributed by atoms with Crippen LogP contribution in [-0.4, -0.2) is 12.5 Å². The zero-order chi connectivity index (χ0) is 14.2. The number of halogens is 2. The second-order valence-corrected chi connectivity index (χ2v) is 4.69. The van der Waals surface area contributed by atoms with Gasteiger partial charge in [-0.05, 0) is 36.8 Å². The van der Waals surface area contributed by atoms with Crippen molar-refractivity contribution >= 4 is 41.5 Å². The van der Waals surface area contributed by atoms with Gasteiger partial charge >= 0.3 is 0 Å². The van der Waals surface area contributed by atoms with E-state index in [4.69, 9.17) is 16.0 Å². The van der Waals surface area contributed by atoms with Crippen molar-refractivity contribution < 1.29 is 4.42 Å². The molecule has 1 heterocycles. The van der Waals surface area contributed by atoms with E-state index in [0.717, 1.165) is 28.9 Å². The molecule has 0 aliphatic heterocycles. The zero-order valence-electron chi connectivity index (χ0n) is 11.8. The van der Waals surface area contributed by atoms with E-state index in [0.29, 0.717) is 13.1 Å². The van der Waals surface area contributed by atoms with Crippen molar-refractivity contribution in [3.05, 3.63) is 59.0 Å². The molecule has 0 aliphatic carbocycles. The van der Waals surface area contributed by atoms with Crippen LogP contribution in [0.5, 0.6) is 0 Å². The first-order valence-corrected chi connectivity index (χ1v) is 6.94. The fraction of sp³-hybridized carbons (Fsp3) is 0.267. The lowest BCUT2D eigenvalue weighted by Crippen LogP contribution is -2.36. The maximum Gasteiger partial charge on any atom is 0.191 e. The minimum atomic E-state index is 0. The molecule has 6 heteroatoms. The number of furan rings is 1. The van der Waals surface area contributed by atoms with Crippen LogP contribution in [0.25, 0.3) is 0 Å². The molecule has 2 aromatic rings. The van der Waals surface area contributed by atoms with Gasteiger partial charge < -0.3 is 15.1 Å². The van der Waals surface area contributed by atoms with Gasteiger partial charge in [-0.25, -0.2) is 4.99 Å². The average molecular weight is 420 g/mol. The number of hydrogen-bond donors (Lipinski definition) is 2. The summed E-state index contributed by atoms with van der Waals surface area (Å²) in [5, 5.41) is 7.16. The highest BCUT2D eigenvalue weighted by Crippen LogP contribution is 2.10. The van der Waals surface area contributed by atoms with Crippen molar-refractivity contribution in [2.24, 2.45) is 4.99 Å². The van der Waals surface area contributed by atoms with Crippen molar-refractivity contribution in [1.82, 2.24) is 10.6 Å². The minimum absolute atomic E-state index is 0. The molecule has 0 amide bonds. The molecule has 21 heavy (non-hydrogen) atoms. The Kier molecular flexibility index (Phi) is 8.22. The van der Waals surface area contributed by atoms with Crippen LogP contribution >= 0.6 is 35.6 Å². The molecular formula is C15H19ClIN3O. The highest BCUT2D eigenvalue weighted by molar-refractivity contribution is 14.0. The number of guanidine groups is 1. The molecule has 0 saturated heterocycles. The normalized spacial score (nSPS) is 10.9. The highest BCUT2D eigenvalue weighted by Gasteiger charge is 2.00. The molecule has 1 aromatic carbocycles. The average Bonchev–Trinajstić information content (AvgIpc) is 2.97. The summed E-state index contributed by atoms with van der Waals surface area (Å²) >= 11 is 5.86. The van der Waals surface area contributed by atoms with Crippen LogP contribution in [0.3, 0.4) is 0 Å². The van der Waals surface area contributed by atoms with Gasteiger partial charge in [-0.15, -0.1) is 24.0 Å². The summed E-state index contributed by atoms with van der Waals surface area (Å²) in [6.45, 7) is 4.06. The molecule has 0 bridgehead atoms. The van der Waals surface area contributed by atoms with Gasteiger partial charge in [0, 0.05) is 11.6 Å². The molecule has 0 radical (unpaired) electrons. The summed E-state index contributed by atoms with van der Waals surface area (Å²) in [5.74, 6) is 1.64. The lowest BCUT2D eigenvalue weighted by molar-refractivity contribution is 0.501. The molecule has 0 fully saturated rings. The Balaban J connectivity index is 0.00000220. The molecule has 0 spiro atoms. The molecule has 2 N–H and O–H groups in total. The van der Waals surface area contributed by atoms with Gasteiger partial charge in [-0.3, -0.25) is 0 Å². The quantitative estimate of drug-likeness (QED) is 0.440. The van der Waals surface area contributed by atoms with Crippen LogP contribution in [-0.2, 0) is 13.1 Å². The fourth-order valence-corrected chi connectivity index (χ4v) is 1.81. The molecular weight excluding hydrogens is 401 g/mol. The van der Waals surface area contributed by atoms with Crippen molar-refractivity contribution in [3.8, 4) is 0 Å². The van der Waals surface area contributed by atoms with Gasteiger partial charge in [-0.2, -0.15) is 0 Å². The molecule has 2 rings (SSSR count). The van der Waals surface area contributed by atoms with Crippen molar-refractivity contribution in [2.45, 2.75) is 20.0 Å². The zero-order valence-corrected chi connectivity index (χ0v) is 14.9. The van der Waals surface area contributed by atoms with Crippen LogP contribution in [0.1, 0.15) is 18.2 Å². The Labute approximate surface area is 147 Å². The number of benzene rings is 1. The third kappa shape index (κ3) is 6.39. The van der Waals surface area contributed by atoms with Crippen molar-refractivity contribution in [1.29, 1.82) is 0 Å². The van der Waals surface area contributed by atoms with Gasteiger partial charge in [0.25, 0.3) is 0 Å². The van der Waals surface area contributed by atoms with Crippen LogP contribution in [0.2, 0.25) is 5.02 Å². The molecule has 0 atom stereocenters. The fourth-order valence-electron chi connectivity index (χ4n) is 1.69. The van der Waals surface area contributed by atoms with Crippen molar-refractivity contribution in [2.75, 3.05) is 6.54 Å². The maximum absolute atomic E-state index is 5.86. The summed E-state index contributed by atoms with van der Waals surface area (Å²) in [5.41, 5.74) is 1.12. The van der Waals surface area contributed by atoms with Crippen LogP contribution in [0.15, 0.2) is 52.1 Å². The van der Waals surface area contributed by atoms with E-state index in [1.807, 2.05) is 43.3 Å². The number of nitrogens with zero attached hydrogens (tertiary/aromatic N) is 1. The Morgan fingerprint density at radius 3 is 2.57 bits per heavy atom. The SMILES string of the molecule is CCNC(=NCc1ccc(Cl)cc1)NCc1ccco1.I. The predicted octanol–water partition coefficient (Wildman–Crippen LogP) is 3.81. The van der Waals surface area contributed by atoms with Gasteiger partial charge in [0.05, 0.1) is 19.4 Å². The largest absolute Gasteiger partial charge is 0.467 e. The Morgan fingerprint density at radius 2 is 1.95 bits per heavy atom. The van der Waals surface area contributed by atoms with Crippen LogP contribution < -0.4 is 10.6 Å². The smallest absolute Gasteiger partial charge is 0.191 e. The van der Waals surface area contributed by atoms with Gasteiger partial charge in [0.15, 0.2) is 5.96 Å². The number of rotatable bonds is 5. The lowest BCUT2D eigenvalue weighted by Gasteiger charge is -2.10. The highest BCUT2D eigenvalue weighted by atomic mass is 127. The number of nitrogens with one attached hydrogen (secondary N) is 2. The van der Waals surface area contributed by atoms with E-state index in [1.54, 1.807) is 6.26 Å². The molecule has 0 saturated carbocycles. The Hall–Kier alpha value is -1.21.